The summed E-state index contributed by atoms with van der Waals surface area (Å²) in [4.78, 5) is 53.4. The summed E-state index contributed by atoms with van der Waals surface area (Å²) in [5.74, 6) is -1.68. The Kier molecular flexibility index (Phi) is 12.6. The number of rotatable bonds is 13. The molecular formula is C28H46N4O5. The van der Waals surface area contributed by atoms with Gasteiger partial charge in [-0.05, 0) is 53.5 Å². The molecule has 0 spiro atoms. The van der Waals surface area contributed by atoms with Gasteiger partial charge in [0.1, 0.15) is 17.7 Å². The minimum atomic E-state index is -1.28. The molecule has 0 aliphatic heterocycles. The smallest absolute Gasteiger partial charge is 0.408 e. The monoisotopic (exact) mass is 518 g/mol. The molecule has 0 bridgehead atoms. The predicted molar refractivity (Wildman–Crippen MR) is 145 cm³/mol. The fourth-order valence-electron chi connectivity index (χ4n) is 3.85. The van der Waals surface area contributed by atoms with Gasteiger partial charge in [0.2, 0.25) is 17.7 Å². The maximum Gasteiger partial charge on any atom is 0.408 e. The number of nitrogens with one attached hydrogen (secondary N) is 2. The number of carbonyl (C=O) groups excluding carboxylic acids is 4. The zero-order valence-electron chi connectivity index (χ0n) is 23.6. The number of primary amides is 1. The first-order valence-electron chi connectivity index (χ1n) is 13.1. The normalized spacial score (nSPS) is 13.3. The number of nitrogens with two attached hydrogens (primary N) is 1. The summed E-state index contributed by atoms with van der Waals surface area (Å²) in [5, 5.41) is 5.48. The molecular weight excluding hydrogens is 472 g/mol. The zero-order chi connectivity index (χ0) is 28.2. The maximum atomic E-state index is 14.0. The molecule has 2 atom stereocenters. The highest BCUT2D eigenvalue weighted by Crippen LogP contribution is 2.25. The van der Waals surface area contributed by atoms with Gasteiger partial charge in [-0.2, -0.15) is 0 Å². The molecule has 0 saturated heterocycles. The van der Waals surface area contributed by atoms with Crippen LogP contribution in [0.25, 0.3) is 0 Å². The van der Waals surface area contributed by atoms with Gasteiger partial charge >= 0.3 is 6.09 Å². The van der Waals surface area contributed by atoms with E-state index in [9.17, 15) is 19.2 Å². The Labute approximate surface area is 221 Å². The molecule has 0 heterocycles. The van der Waals surface area contributed by atoms with Crippen molar-refractivity contribution in [3.05, 3.63) is 35.9 Å². The quantitative estimate of drug-likeness (QED) is 0.337. The molecule has 1 rings (SSSR count). The van der Waals surface area contributed by atoms with E-state index in [4.69, 9.17) is 10.5 Å². The summed E-state index contributed by atoms with van der Waals surface area (Å²) in [7, 11) is 0. The Bertz CT molecular complexity index is 890. The first-order chi connectivity index (χ1) is 17.1. The lowest BCUT2D eigenvalue weighted by atomic mass is 9.99. The van der Waals surface area contributed by atoms with Gasteiger partial charge in [-0.1, -0.05) is 62.9 Å². The van der Waals surface area contributed by atoms with Crippen LogP contribution in [0, 0.1) is 0 Å². The number of nitrogens with zero attached hydrogens (tertiary/aromatic N) is 1. The molecule has 4 N–H and O–H groups in total. The number of amides is 4. The van der Waals surface area contributed by atoms with Crippen molar-refractivity contribution in [3.8, 4) is 0 Å². The molecule has 2 unspecified atom stereocenters. The van der Waals surface area contributed by atoms with E-state index in [-0.39, 0.29) is 12.5 Å². The second kappa shape index (κ2) is 14.6. The van der Waals surface area contributed by atoms with Gasteiger partial charge < -0.3 is 26.0 Å². The standard InChI is InChI=1S/C28H46N4O5/c1-8-9-10-11-15-18-32(23(20-16-13-12-14-17-20)24(34)31-27(2,3)4)25(35)21(19-22(29)33)30-26(36)37-28(5,6)7/h12-14,16-17,21,23H,8-11,15,18-19H2,1-7H3,(H2,29,33)(H,30,36)(H,31,34). The third kappa shape index (κ3) is 12.6. The fourth-order valence-corrected chi connectivity index (χ4v) is 3.85. The average molecular weight is 519 g/mol. The van der Waals surface area contributed by atoms with Crippen LogP contribution >= 0.6 is 0 Å². The average Bonchev–Trinajstić information content (AvgIpc) is 2.75. The van der Waals surface area contributed by atoms with Crippen molar-refractivity contribution in [1.29, 1.82) is 0 Å². The second-order valence-corrected chi connectivity index (χ2v) is 11.4. The van der Waals surface area contributed by atoms with E-state index < -0.39 is 47.6 Å². The topological polar surface area (TPSA) is 131 Å². The van der Waals surface area contributed by atoms with Crippen LogP contribution in [0.1, 0.15) is 98.6 Å². The van der Waals surface area contributed by atoms with E-state index >= 15 is 0 Å². The fraction of sp³-hybridized carbons (Fsp3) is 0.643. The molecule has 0 aliphatic rings. The summed E-state index contributed by atoms with van der Waals surface area (Å²) < 4.78 is 5.31. The van der Waals surface area contributed by atoms with E-state index in [0.717, 1.165) is 25.7 Å². The summed E-state index contributed by atoms with van der Waals surface area (Å²) in [6.45, 7) is 13.1. The van der Waals surface area contributed by atoms with Crippen LogP contribution < -0.4 is 16.4 Å². The largest absolute Gasteiger partial charge is 0.444 e. The molecule has 4 amide bonds. The van der Waals surface area contributed by atoms with Gasteiger partial charge in [-0.15, -0.1) is 0 Å². The van der Waals surface area contributed by atoms with E-state index in [0.29, 0.717) is 12.0 Å². The highest BCUT2D eigenvalue weighted by atomic mass is 16.6. The Morgan fingerprint density at radius 2 is 1.54 bits per heavy atom. The minimum absolute atomic E-state index is 0.269. The van der Waals surface area contributed by atoms with Crippen LogP contribution in [0.3, 0.4) is 0 Å². The number of alkyl carbamates (subject to hydrolysis) is 1. The molecule has 208 valence electrons. The van der Waals surface area contributed by atoms with Crippen LogP contribution in [-0.2, 0) is 19.1 Å². The molecule has 0 aromatic heterocycles. The van der Waals surface area contributed by atoms with Crippen LogP contribution in [-0.4, -0.2) is 52.4 Å². The van der Waals surface area contributed by atoms with Gasteiger partial charge in [-0.3, -0.25) is 14.4 Å². The summed E-state index contributed by atoms with van der Waals surface area (Å²) in [6, 6.07) is 6.77. The molecule has 9 nitrogen and oxygen atoms in total. The van der Waals surface area contributed by atoms with Crippen molar-refractivity contribution in [1.82, 2.24) is 15.5 Å². The Balaban J connectivity index is 3.44. The van der Waals surface area contributed by atoms with E-state index in [1.807, 2.05) is 26.8 Å². The van der Waals surface area contributed by atoms with Gasteiger partial charge in [0.25, 0.3) is 0 Å². The summed E-state index contributed by atoms with van der Waals surface area (Å²) in [5.41, 5.74) is 4.72. The Morgan fingerprint density at radius 1 is 0.946 bits per heavy atom. The lowest BCUT2D eigenvalue weighted by Crippen LogP contribution is -2.55. The highest BCUT2D eigenvalue weighted by molar-refractivity contribution is 5.94. The Morgan fingerprint density at radius 3 is 2.05 bits per heavy atom. The molecule has 0 saturated carbocycles. The second-order valence-electron chi connectivity index (χ2n) is 11.4. The molecule has 0 fully saturated rings. The minimum Gasteiger partial charge on any atom is -0.444 e. The number of carbonyl (C=O) groups is 4. The van der Waals surface area contributed by atoms with Gasteiger partial charge in [-0.25, -0.2) is 4.79 Å². The van der Waals surface area contributed by atoms with Crippen molar-refractivity contribution in [2.24, 2.45) is 5.73 Å². The molecule has 1 aromatic carbocycles. The van der Waals surface area contributed by atoms with E-state index in [1.54, 1.807) is 45.0 Å². The van der Waals surface area contributed by atoms with Crippen LogP contribution in [0.2, 0.25) is 0 Å². The van der Waals surface area contributed by atoms with E-state index in [1.165, 1.54) is 4.90 Å². The van der Waals surface area contributed by atoms with Crippen molar-refractivity contribution < 1.29 is 23.9 Å². The van der Waals surface area contributed by atoms with E-state index in [2.05, 4.69) is 17.6 Å². The molecule has 37 heavy (non-hydrogen) atoms. The highest BCUT2D eigenvalue weighted by Gasteiger charge is 2.37. The number of unbranched alkanes of at least 4 members (excludes halogenated alkanes) is 4. The Hall–Kier alpha value is -3.10. The molecule has 9 heteroatoms. The van der Waals surface area contributed by atoms with Crippen molar-refractivity contribution in [2.75, 3.05) is 6.54 Å². The van der Waals surface area contributed by atoms with Crippen LogP contribution in [0.15, 0.2) is 30.3 Å². The summed E-state index contributed by atoms with van der Waals surface area (Å²) >= 11 is 0. The zero-order valence-corrected chi connectivity index (χ0v) is 23.6. The first-order valence-corrected chi connectivity index (χ1v) is 13.1. The predicted octanol–water partition coefficient (Wildman–Crippen LogP) is 4.21. The third-order valence-electron chi connectivity index (χ3n) is 5.35. The number of hydrogen-bond donors (Lipinski definition) is 3. The SMILES string of the molecule is CCCCCCCN(C(=O)C(CC(N)=O)NC(=O)OC(C)(C)C)C(C(=O)NC(C)(C)C)c1ccccc1. The van der Waals surface area contributed by atoms with Gasteiger partial charge in [0, 0.05) is 12.1 Å². The lowest BCUT2D eigenvalue weighted by Gasteiger charge is -2.36. The lowest BCUT2D eigenvalue weighted by molar-refractivity contribution is -0.144. The molecule has 1 aromatic rings. The summed E-state index contributed by atoms with van der Waals surface area (Å²) in [6.07, 6.45) is 3.42. The van der Waals surface area contributed by atoms with Gasteiger partial charge in [0.15, 0.2) is 0 Å². The molecule has 0 radical (unpaired) electrons. The molecule has 0 aliphatic carbocycles. The third-order valence-corrected chi connectivity index (χ3v) is 5.35. The van der Waals surface area contributed by atoms with Crippen molar-refractivity contribution in [3.63, 3.8) is 0 Å². The first kappa shape index (κ1) is 31.9. The number of benzene rings is 1. The maximum absolute atomic E-state index is 14.0. The van der Waals surface area contributed by atoms with Crippen LogP contribution in [0.4, 0.5) is 4.79 Å². The number of hydrogen-bond acceptors (Lipinski definition) is 5. The van der Waals surface area contributed by atoms with Gasteiger partial charge in [0.05, 0.1) is 6.42 Å². The van der Waals surface area contributed by atoms with Crippen molar-refractivity contribution in [2.45, 2.75) is 110 Å². The number of ether oxygens (including phenoxy) is 1. The van der Waals surface area contributed by atoms with Crippen LogP contribution in [0.5, 0.6) is 0 Å². The van der Waals surface area contributed by atoms with Crippen molar-refractivity contribution >= 4 is 23.8 Å².